The summed E-state index contributed by atoms with van der Waals surface area (Å²) in [7, 11) is 0. The van der Waals surface area contributed by atoms with Gasteiger partial charge < -0.3 is 16.0 Å². The molecule has 1 fully saturated rings. The van der Waals surface area contributed by atoms with Gasteiger partial charge in [0, 0.05) is 45.2 Å². The number of carbonyl (C=O) groups is 2. The molecule has 1 atom stereocenters. The molecule has 0 saturated carbocycles. The van der Waals surface area contributed by atoms with Gasteiger partial charge in [0.05, 0.1) is 0 Å². The van der Waals surface area contributed by atoms with E-state index in [2.05, 4.69) is 41.4 Å². The fourth-order valence-electron chi connectivity index (χ4n) is 3.04. The van der Waals surface area contributed by atoms with Gasteiger partial charge in [-0.15, -0.1) is 0 Å². The van der Waals surface area contributed by atoms with Crippen LogP contribution < -0.4 is 11.1 Å². The van der Waals surface area contributed by atoms with Gasteiger partial charge in [-0.05, 0) is 18.9 Å². The number of urea groups is 1. The first-order valence-electron chi connectivity index (χ1n) is 8.15. The Kier molecular flexibility index (Phi) is 6.40. The normalized spacial score (nSPS) is 19.2. The summed E-state index contributed by atoms with van der Waals surface area (Å²) in [5, 5.41) is 2.47. The maximum absolute atomic E-state index is 12.3. The lowest BCUT2D eigenvalue weighted by Crippen LogP contribution is -2.43. The molecule has 1 aromatic carbocycles. The summed E-state index contributed by atoms with van der Waals surface area (Å²) in [6, 6.07) is 9.98. The molecule has 23 heavy (non-hydrogen) atoms. The number of nitrogens with zero attached hydrogens (tertiary/aromatic N) is 2. The topological polar surface area (TPSA) is 78.7 Å². The Morgan fingerprint density at radius 2 is 2.00 bits per heavy atom. The van der Waals surface area contributed by atoms with Crippen molar-refractivity contribution in [3.63, 3.8) is 0 Å². The molecule has 1 saturated heterocycles. The fourth-order valence-corrected chi connectivity index (χ4v) is 3.04. The highest BCUT2D eigenvalue weighted by atomic mass is 16.2. The van der Waals surface area contributed by atoms with Crippen LogP contribution in [0.1, 0.15) is 25.3 Å². The maximum Gasteiger partial charge on any atom is 0.312 e. The van der Waals surface area contributed by atoms with Crippen molar-refractivity contribution in [2.45, 2.75) is 32.4 Å². The first-order valence-corrected chi connectivity index (χ1v) is 8.15. The highest BCUT2D eigenvalue weighted by Gasteiger charge is 2.25. The number of rotatable bonds is 5. The van der Waals surface area contributed by atoms with Crippen LogP contribution in [0, 0.1) is 0 Å². The van der Waals surface area contributed by atoms with Gasteiger partial charge in [0.15, 0.2) is 0 Å². The molecule has 2 rings (SSSR count). The number of benzene rings is 1. The van der Waals surface area contributed by atoms with Gasteiger partial charge in [-0.2, -0.15) is 0 Å². The molecule has 0 aromatic heterocycles. The average molecular weight is 318 g/mol. The van der Waals surface area contributed by atoms with E-state index >= 15 is 0 Å². The SMILES string of the molecule is C[C@@H]1CN(Cc2ccccc2)CCCN1C(=O)CCNC(N)=O. The number of amides is 3. The lowest BCUT2D eigenvalue weighted by Gasteiger charge is -2.29. The van der Waals surface area contributed by atoms with Crippen LogP contribution in [-0.4, -0.2) is 54.0 Å². The molecule has 6 heteroatoms. The van der Waals surface area contributed by atoms with Gasteiger partial charge in [0.1, 0.15) is 0 Å². The molecule has 1 aliphatic rings. The van der Waals surface area contributed by atoms with Gasteiger partial charge in [0.2, 0.25) is 5.91 Å². The van der Waals surface area contributed by atoms with Crippen molar-refractivity contribution in [1.82, 2.24) is 15.1 Å². The van der Waals surface area contributed by atoms with Crippen molar-refractivity contribution in [2.24, 2.45) is 5.73 Å². The smallest absolute Gasteiger partial charge is 0.312 e. The lowest BCUT2D eigenvalue weighted by molar-refractivity contribution is -0.132. The summed E-state index contributed by atoms with van der Waals surface area (Å²) < 4.78 is 0. The zero-order valence-corrected chi connectivity index (χ0v) is 13.7. The quantitative estimate of drug-likeness (QED) is 0.855. The Balaban J connectivity index is 1.86. The van der Waals surface area contributed by atoms with Crippen LogP contribution in [0.3, 0.4) is 0 Å². The van der Waals surface area contributed by atoms with E-state index in [0.29, 0.717) is 13.0 Å². The Hall–Kier alpha value is -2.08. The number of primary amides is 1. The van der Waals surface area contributed by atoms with E-state index in [4.69, 9.17) is 5.73 Å². The van der Waals surface area contributed by atoms with Crippen LogP contribution in [0.25, 0.3) is 0 Å². The van der Waals surface area contributed by atoms with Crippen molar-refractivity contribution in [3.8, 4) is 0 Å². The van der Waals surface area contributed by atoms with Crippen molar-refractivity contribution < 1.29 is 9.59 Å². The van der Waals surface area contributed by atoms with E-state index in [9.17, 15) is 9.59 Å². The predicted molar refractivity (Wildman–Crippen MR) is 89.7 cm³/mol. The van der Waals surface area contributed by atoms with E-state index in [1.165, 1.54) is 5.56 Å². The number of nitrogens with two attached hydrogens (primary N) is 1. The second-order valence-electron chi connectivity index (χ2n) is 6.05. The zero-order valence-electron chi connectivity index (χ0n) is 13.7. The van der Waals surface area contributed by atoms with Crippen molar-refractivity contribution in [2.75, 3.05) is 26.2 Å². The van der Waals surface area contributed by atoms with Gasteiger partial charge in [0.25, 0.3) is 0 Å². The summed E-state index contributed by atoms with van der Waals surface area (Å²) in [5.41, 5.74) is 6.32. The molecule has 0 bridgehead atoms. The Morgan fingerprint density at radius 1 is 1.26 bits per heavy atom. The second-order valence-corrected chi connectivity index (χ2v) is 6.05. The van der Waals surface area contributed by atoms with Gasteiger partial charge >= 0.3 is 6.03 Å². The van der Waals surface area contributed by atoms with Crippen LogP contribution in [0.15, 0.2) is 30.3 Å². The van der Waals surface area contributed by atoms with Crippen molar-refractivity contribution in [1.29, 1.82) is 0 Å². The summed E-state index contributed by atoms with van der Waals surface area (Å²) in [4.78, 5) is 27.3. The molecule has 0 spiro atoms. The van der Waals surface area contributed by atoms with E-state index in [1.54, 1.807) is 0 Å². The summed E-state index contributed by atoms with van der Waals surface area (Å²) in [6.45, 7) is 5.92. The first kappa shape index (κ1) is 17.3. The monoisotopic (exact) mass is 318 g/mol. The minimum absolute atomic E-state index is 0.0767. The predicted octanol–water partition coefficient (Wildman–Crippen LogP) is 1.17. The lowest BCUT2D eigenvalue weighted by atomic mass is 10.2. The van der Waals surface area contributed by atoms with Crippen LogP contribution in [-0.2, 0) is 11.3 Å². The summed E-state index contributed by atoms with van der Waals surface area (Å²) in [5.74, 6) is 0.0767. The fraction of sp³-hybridized carbons (Fsp3) is 0.529. The molecule has 6 nitrogen and oxygen atoms in total. The van der Waals surface area contributed by atoms with Crippen LogP contribution in [0.5, 0.6) is 0 Å². The molecule has 126 valence electrons. The Bertz CT molecular complexity index is 521. The van der Waals surface area contributed by atoms with Crippen LogP contribution >= 0.6 is 0 Å². The van der Waals surface area contributed by atoms with Crippen molar-refractivity contribution in [3.05, 3.63) is 35.9 Å². The largest absolute Gasteiger partial charge is 0.352 e. The maximum atomic E-state index is 12.3. The van der Waals surface area contributed by atoms with E-state index < -0.39 is 6.03 Å². The molecule has 3 amide bonds. The Labute approximate surface area is 137 Å². The molecule has 1 aromatic rings. The van der Waals surface area contributed by atoms with E-state index in [0.717, 1.165) is 32.6 Å². The molecule has 1 heterocycles. The van der Waals surface area contributed by atoms with Gasteiger partial charge in [-0.1, -0.05) is 30.3 Å². The molecular formula is C17H26N4O2. The average Bonchev–Trinajstić information content (AvgIpc) is 2.69. The molecular weight excluding hydrogens is 292 g/mol. The third-order valence-corrected chi connectivity index (χ3v) is 4.14. The highest BCUT2D eigenvalue weighted by Crippen LogP contribution is 2.14. The van der Waals surface area contributed by atoms with Gasteiger partial charge in [-0.3, -0.25) is 9.69 Å². The summed E-state index contributed by atoms with van der Waals surface area (Å²) in [6.07, 6.45) is 1.26. The number of hydrogen-bond acceptors (Lipinski definition) is 3. The highest BCUT2D eigenvalue weighted by molar-refractivity contribution is 5.78. The molecule has 0 radical (unpaired) electrons. The standard InChI is InChI=1S/C17H26N4O2/c1-14-12-20(13-15-6-3-2-4-7-15)10-5-11-21(14)16(22)8-9-19-17(18)23/h2-4,6-7,14H,5,8-13H2,1H3,(H3,18,19,23)/t14-/m1/s1. The Morgan fingerprint density at radius 3 is 2.70 bits per heavy atom. The number of carbonyl (C=O) groups excluding carboxylic acids is 2. The zero-order chi connectivity index (χ0) is 16.7. The molecule has 1 aliphatic heterocycles. The first-order chi connectivity index (χ1) is 11.1. The number of nitrogens with one attached hydrogen (secondary N) is 1. The second kappa shape index (κ2) is 8.53. The molecule has 0 aliphatic carbocycles. The minimum atomic E-state index is -0.587. The van der Waals surface area contributed by atoms with E-state index in [1.807, 2.05) is 11.0 Å². The molecule has 0 unspecified atom stereocenters. The van der Waals surface area contributed by atoms with Crippen molar-refractivity contribution >= 4 is 11.9 Å². The summed E-state index contributed by atoms with van der Waals surface area (Å²) >= 11 is 0. The third kappa shape index (κ3) is 5.56. The van der Waals surface area contributed by atoms with E-state index in [-0.39, 0.29) is 11.9 Å². The third-order valence-electron chi connectivity index (χ3n) is 4.14. The molecule has 3 N–H and O–H groups in total. The minimum Gasteiger partial charge on any atom is -0.352 e. The number of hydrogen-bond donors (Lipinski definition) is 2. The van der Waals surface area contributed by atoms with Gasteiger partial charge in [-0.25, -0.2) is 4.79 Å². The van der Waals surface area contributed by atoms with Crippen LogP contribution in [0.2, 0.25) is 0 Å². The van der Waals surface area contributed by atoms with Crippen LogP contribution in [0.4, 0.5) is 4.79 Å².